The smallest absolute Gasteiger partial charge is 0.351 e. The van der Waals surface area contributed by atoms with Crippen molar-refractivity contribution in [3.63, 3.8) is 0 Å². The topological polar surface area (TPSA) is 126 Å². The molecule has 6 N–H and O–H groups in total. The van der Waals surface area contributed by atoms with E-state index in [2.05, 4.69) is 49.6 Å². The second-order valence-electron chi connectivity index (χ2n) is 8.54. The first-order valence-corrected chi connectivity index (χ1v) is 11.5. The maximum atomic E-state index is 11.9. The van der Waals surface area contributed by atoms with E-state index in [1.165, 1.54) is 0 Å². The van der Waals surface area contributed by atoms with Gasteiger partial charge in [-0.25, -0.2) is 4.98 Å². The van der Waals surface area contributed by atoms with Gasteiger partial charge in [-0.15, -0.1) is 0 Å². The van der Waals surface area contributed by atoms with Gasteiger partial charge >= 0.3 is 5.95 Å². The Balaban J connectivity index is 1.48. The van der Waals surface area contributed by atoms with Crippen LogP contribution in [0.25, 0.3) is 11.0 Å². The fraction of sp³-hybridized carbons (Fsp3) is 0.240. The molecule has 1 amide bonds. The number of primary amides is 1. The fourth-order valence-corrected chi connectivity index (χ4v) is 4.26. The molecule has 1 saturated heterocycles. The van der Waals surface area contributed by atoms with Gasteiger partial charge in [-0.2, -0.15) is 0 Å². The molecule has 180 valence electrons. The van der Waals surface area contributed by atoms with E-state index < -0.39 is 5.91 Å². The first-order valence-electron chi connectivity index (χ1n) is 11.5. The molecule has 0 bridgehead atoms. The molecular weight excluding hydrogens is 444 g/mol. The summed E-state index contributed by atoms with van der Waals surface area (Å²) in [6.07, 6.45) is 1.83. The minimum absolute atomic E-state index is 0.391. The van der Waals surface area contributed by atoms with Crippen LogP contribution in [-0.4, -0.2) is 61.1 Å². The van der Waals surface area contributed by atoms with Gasteiger partial charge in [0.1, 0.15) is 5.69 Å². The number of carbonyl (C=O) groups excluding carboxylic acids is 1. The van der Waals surface area contributed by atoms with Crippen molar-refractivity contribution in [2.24, 2.45) is 5.73 Å². The highest BCUT2D eigenvalue weighted by Crippen LogP contribution is 2.32. The predicted octanol–water partition coefficient (Wildman–Crippen LogP) is 2.72. The molecule has 35 heavy (non-hydrogen) atoms. The summed E-state index contributed by atoms with van der Waals surface area (Å²) in [5.74, 6) is 1.28. The van der Waals surface area contributed by atoms with Crippen molar-refractivity contribution in [3.05, 3.63) is 60.3 Å². The fourth-order valence-electron chi connectivity index (χ4n) is 4.26. The van der Waals surface area contributed by atoms with Crippen molar-refractivity contribution < 1.29 is 14.5 Å². The summed E-state index contributed by atoms with van der Waals surface area (Å²) in [5.41, 5.74) is 9.23. The number of nitrogens with two attached hydrogens (primary N) is 1. The van der Waals surface area contributed by atoms with E-state index in [0.717, 1.165) is 48.6 Å². The molecule has 0 saturated carbocycles. The van der Waals surface area contributed by atoms with E-state index in [1.54, 1.807) is 25.3 Å². The Labute approximate surface area is 203 Å². The number of nitrogens with one attached hydrogen (secondary N) is 4. The maximum absolute atomic E-state index is 11.9. The van der Waals surface area contributed by atoms with Gasteiger partial charge in [-0.3, -0.25) is 15.1 Å². The van der Waals surface area contributed by atoms with Crippen LogP contribution < -0.4 is 31.0 Å². The standard InChI is InChI=1S/C25H28N8O2/c1-32-11-13-33(14-12-32)16-7-8-21(35-2)20(15-16)29-25-30-23-18(9-10-27-23)24(31-25)28-19-6-4-3-5-17(19)22(26)34/h3-10,15H,11-14H2,1-2H3,(H2,26,34)(H3,27,28,29,30,31)/p+1. The van der Waals surface area contributed by atoms with Gasteiger partial charge in [0.05, 0.1) is 23.7 Å². The maximum Gasteiger partial charge on any atom is 0.351 e. The quantitative estimate of drug-likeness (QED) is 0.325. The Morgan fingerprint density at radius 3 is 2.66 bits per heavy atom. The number of ether oxygens (including phenoxy) is 1. The Bertz CT molecular complexity index is 1360. The molecule has 1 aliphatic heterocycles. The number of nitrogens with zero attached hydrogens (tertiary/aromatic N) is 3. The molecule has 0 radical (unpaired) electrons. The third kappa shape index (κ3) is 4.69. The molecule has 1 fully saturated rings. The largest absolute Gasteiger partial charge is 0.493 e. The van der Waals surface area contributed by atoms with Crippen molar-refractivity contribution >= 4 is 45.8 Å². The molecule has 3 heterocycles. The molecule has 0 spiro atoms. The van der Waals surface area contributed by atoms with E-state index in [4.69, 9.17) is 15.5 Å². The van der Waals surface area contributed by atoms with Gasteiger partial charge in [-0.1, -0.05) is 17.1 Å². The average molecular weight is 474 g/mol. The zero-order valence-corrected chi connectivity index (χ0v) is 19.8. The molecule has 10 nitrogen and oxygen atoms in total. The van der Waals surface area contributed by atoms with Gasteiger partial charge in [0.2, 0.25) is 11.5 Å². The third-order valence-corrected chi connectivity index (χ3v) is 6.22. The van der Waals surface area contributed by atoms with E-state index in [1.807, 2.05) is 24.4 Å². The lowest BCUT2D eigenvalue weighted by molar-refractivity contribution is -0.333. The van der Waals surface area contributed by atoms with Crippen molar-refractivity contribution in [1.82, 2.24) is 14.9 Å². The lowest BCUT2D eigenvalue weighted by Gasteiger charge is -2.34. The molecule has 5 rings (SSSR count). The number of benzene rings is 2. The summed E-state index contributed by atoms with van der Waals surface area (Å²) in [7, 11) is 3.79. The summed E-state index contributed by atoms with van der Waals surface area (Å²) in [6.45, 7) is 3.98. The Morgan fingerprint density at radius 2 is 1.89 bits per heavy atom. The van der Waals surface area contributed by atoms with Crippen LogP contribution in [0.5, 0.6) is 5.75 Å². The number of para-hydroxylation sites is 1. The lowest BCUT2D eigenvalue weighted by atomic mass is 10.1. The second kappa shape index (κ2) is 9.51. The van der Waals surface area contributed by atoms with Gasteiger partial charge in [0, 0.05) is 44.1 Å². The number of amides is 1. The summed E-state index contributed by atoms with van der Waals surface area (Å²) in [5, 5.41) is 7.49. The van der Waals surface area contributed by atoms with Crippen LogP contribution in [0.4, 0.5) is 28.8 Å². The minimum Gasteiger partial charge on any atom is -0.493 e. The number of fused-ring (bicyclic) bond motifs is 1. The highest BCUT2D eigenvalue weighted by molar-refractivity contribution is 6.00. The molecule has 2 aromatic heterocycles. The highest BCUT2D eigenvalue weighted by atomic mass is 16.5. The molecule has 10 heteroatoms. The second-order valence-corrected chi connectivity index (χ2v) is 8.54. The molecule has 0 unspecified atom stereocenters. The summed E-state index contributed by atoms with van der Waals surface area (Å²) in [6, 6.07) is 15.1. The number of carbonyl (C=O) groups is 1. The first kappa shape index (κ1) is 22.5. The van der Waals surface area contributed by atoms with Gasteiger partial charge in [0.15, 0.2) is 5.75 Å². The van der Waals surface area contributed by atoms with E-state index in [0.29, 0.717) is 28.8 Å². The average Bonchev–Trinajstić information content (AvgIpc) is 3.34. The Morgan fingerprint density at radius 1 is 1.09 bits per heavy atom. The van der Waals surface area contributed by atoms with Gasteiger partial charge < -0.3 is 25.6 Å². The normalized spacial score (nSPS) is 14.2. The van der Waals surface area contributed by atoms with E-state index in [-0.39, 0.29) is 0 Å². The number of hydrogen-bond donors (Lipinski definition) is 4. The van der Waals surface area contributed by atoms with Crippen LogP contribution in [0.3, 0.4) is 0 Å². The number of piperazine rings is 1. The number of methoxy groups -OCH3 is 1. The zero-order valence-electron chi connectivity index (χ0n) is 19.8. The molecule has 0 atom stereocenters. The SMILES string of the molecule is COc1ccc(N2CCN(C)CC2)cc1Nc1nc(Nc2ccccc2C(N)=O)c2cc[nH]c2[nH+]1. The molecule has 0 aliphatic carbocycles. The lowest BCUT2D eigenvalue weighted by Crippen LogP contribution is -2.44. The summed E-state index contributed by atoms with van der Waals surface area (Å²) >= 11 is 0. The van der Waals surface area contributed by atoms with Crippen LogP contribution in [0, 0.1) is 0 Å². The number of hydrogen-bond acceptors (Lipinski definition) is 7. The van der Waals surface area contributed by atoms with Crippen molar-refractivity contribution in [2.45, 2.75) is 0 Å². The predicted molar refractivity (Wildman–Crippen MR) is 137 cm³/mol. The van der Waals surface area contributed by atoms with E-state index in [9.17, 15) is 4.79 Å². The number of aromatic amines is 2. The number of aromatic nitrogens is 3. The Hall–Kier alpha value is -4.31. The summed E-state index contributed by atoms with van der Waals surface area (Å²) < 4.78 is 5.61. The van der Waals surface area contributed by atoms with Gasteiger partial charge in [-0.05, 0) is 37.4 Å². The monoisotopic (exact) mass is 473 g/mol. The van der Waals surface area contributed by atoms with Crippen molar-refractivity contribution in [2.75, 3.05) is 55.9 Å². The summed E-state index contributed by atoms with van der Waals surface area (Å²) in [4.78, 5) is 27.8. The van der Waals surface area contributed by atoms with Gasteiger partial charge in [0.25, 0.3) is 5.91 Å². The molecular formula is C25H29N8O2+. The highest BCUT2D eigenvalue weighted by Gasteiger charge is 2.20. The van der Waals surface area contributed by atoms with Crippen LogP contribution in [0.2, 0.25) is 0 Å². The number of H-pyrrole nitrogens is 2. The number of rotatable bonds is 7. The number of anilines is 5. The first-order chi connectivity index (χ1) is 17.0. The van der Waals surface area contributed by atoms with E-state index >= 15 is 0 Å². The molecule has 1 aliphatic rings. The Kier molecular flexibility index (Phi) is 6.11. The van der Waals surface area contributed by atoms with Crippen LogP contribution in [-0.2, 0) is 0 Å². The third-order valence-electron chi connectivity index (χ3n) is 6.22. The minimum atomic E-state index is -0.510. The van der Waals surface area contributed by atoms with Crippen molar-refractivity contribution in [1.29, 1.82) is 0 Å². The van der Waals surface area contributed by atoms with Crippen LogP contribution >= 0.6 is 0 Å². The molecule has 4 aromatic rings. The van der Waals surface area contributed by atoms with Crippen LogP contribution in [0.15, 0.2) is 54.7 Å². The zero-order chi connectivity index (χ0) is 24.4. The van der Waals surface area contributed by atoms with Crippen LogP contribution in [0.1, 0.15) is 10.4 Å². The van der Waals surface area contributed by atoms with Crippen molar-refractivity contribution in [3.8, 4) is 5.75 Å². The number of likely N-dealkylation sites (N-methyl/N-ethyl adjacent to an activating group) is 1. The molecule has 2 aromatic carbocycles.